The van der Waals surface area contributed by atoms with E-state index in [9.17, 15) is 0 Å². The van der Waals surface area contributed by atoms with Crippen molar-refractivity contribution in [1.82, 2.24) is 9.55 Å². The molecule has 0 fully saturated rings. The van der Waals surface area contributed by atoms with E-state index in [1.165, 1.54) is 12.1 Å². The Morgan fingerprint density at radius 2 is 2.60 bits per heavy atom. The lowest BCUT2D eigenvalue weighted by atomic mass is 10.1. The molecule has 1 aromatic heterocycles. The smallest absolute Gasteiger partial charge is 0.0948 e. The standard InChI is InChI=1S/C7H9BrN2/c8-6-1-2-7-3-9-5-10(7)4-6/h3,5-6H,1-2,4H2. The van der Waals surface area contributed by atoms with Crippen LogP contribution in [0.1, 0.15) is 12.1 Å². The number of alkyl halides is 1. The fraction of sp³-hybridized carbons (Fsp3) is 0.571. The summed E-state index contributed by atoms with van der Waals surface area (Å²) in [5.74, 6) is 0. The van der Waals surface area contributed by atoms with Crippen LogP contribution in [-0.4, -0.2) is 14.4 Å². The van der Waals surface area contributed by atoms with Crippen LogP contribution in [0.2, 0.25) is 0 Å². The van der Waals surface area contributed by atoms with Gasteiger partial charge in [0.05, 0.1) is 6.33 Å². The van der Waals surface area contributed by atoms with Gasteiger partial charge < -0.3 is 4.57 Å². The molecule has 0 radical (unpaired) electrons. The molecule has 1 aliphatic heterocycles. The van der Waals surface area contributed by atoms with Gasteiger partial charge in [-0.15, -0.1) is 0 Å². The molecule has 1 aromatic rings. The van der Waals surface area contributed by atoms with Gasteiger partial charge in [-0.25, -0.2) is 4.98 Å². The molecule has 0 saturated heterocycles. The molecule has 54 valence electrons. The quantitative estimate of drug-likeness (QED) is 0.583. The fourth-order valence-corrected chi connectivity index (χ4v) is 1.87. The molecule has 10 heavy (non-hydrogen) atoms. The number of hydrogen-bond donors (Lipinski definition) is 0. The Kier molecular flexibility index (Phi) is 1.52. The highest BCUT2D eigenvalue weighted by Gasteiger charge is 2.14. The van der Waals surface area contributed by atoms with E-state index in [2.05, 4.69) is 25.5 Å². The Bertz CT molecular complexity index is 231. The van der Waals surface area contributed by atoms with Crippen molar-refractivity contribution in [2.45, 2.75) is 24.2 Å². The van der Waals surface area contributed by atoms with Crippen molar-refractivity contribution in [2.24, 2.45) is 0 Å². The number of rotatable bonds is 0. The van der Waals surface area contributed by atoms with Gasteiger partial charge in [-0.3, -0.25) is 0 Å². The van der Waals surface area contributed by atoms with Crippen molar-refractivity contribution < 1.29 is 0 Å². The summed E-state index contributed by atoms with van der Waals surface area (Å²) >= 11 is 3.59. The molecule has 2 rings (SSSR count). The Morgan fingerprint density at radius 1 is 1.70 bits per heavy atom. The van der Waals surface area contributed by atoms with Gasteiger partial charge in [0, 0.05) is 23.3 Å². The van der Waals surface area contributed by atoms with E-state index >= 15 is 0 Å². The molecule has 0 aliphatic carbocycles. The summed E-state index contributed by atoms with van der Waals surface area (Å²) in [5, 5.41) is 0. The lowest BCUT2D eigenvalue weighted by molar-refractivity contribution is 0.552. The van der Waals surface area contributed by atoms with Crippen LogP contribution in [0.3, 0.4) is 0 Å². The number of fused-ring (bicyclic) bond motifs is 1. The average molecular weight is 201 g/mol. The van der Waals surface area contributed by atoms with Gasteiger partial charge in [-0.1, -0.05) is 15.9 Å². The van der Waals surface area contributed by atoms with Crippen molar-refractivity contribution in [3.8, 4) is 0 Å². The molecule has 0 N–H and O–H groups in total. The zero-order chi connectivity index (χ0) is 6.97. The van der Waals surface area contributed by atoms with Gasteiger partial charge in [0.2, 0.25) is 0 Å². The van der Waals surface area contributed by atoms with Crippen LogP contribution in [0.4, 0.5) is 0 Å². The number of aromatic nitrogens is 2. The van der Waals surface area contributed by atoms with Gasteiger partial charge in [-0.05, 0) is 12.8 Å². The second kappa shape index (κ2) is 2.38. The zero-order valence-corrected chi connectivity index (χ0v) is 7.21. The molecule has 2 heterocycles. The maximum absolute atomic E-state index is 4.08. The predicted octanol–water partition coefficient (Wildman–Crippen LogP) is 1.59. The Hall–Kier alpha value is -0.310. The number of imidazole rings is 1. The summed E-state index contributed by atoms with van der Waals surface area (Å²) in [6.07, 6.45) is 6.27. The third kappa shape index (κ3) is 0.985. The molecule has 0 amide bonds. The van der Waals surface area contributed by atoms with Gasteiger partial charge in [0.1, 0.15) is 0 Å². The van der Waals surface area contributed by atoms with E-state index in [1.807, 2.05) is 12.5 Å². The van der Waals surface area contributed by atoms with Gasteiger partial charge in [-0.2, -0.15) is 0 Å². The summed E-state index contributed by atoms with van der Waals surface area (Å²) < 4.78 is 2.21. The van der Waals surface area contributed by atoms with Crippen molar-refractivity contribution in [3.63, 3.8) is 0 Å². The summed E-state index contributed by atoms with van der Waals surface area (Å²) in [6.45, 7) is 1.08. The minimum atomic E-state index is 0.647. The molecular weight excluding hydrogens is 192 g/mol. The van der Waals surface area contributed by atoms with Crippen LogP contribution in [0, 0.1) is 0 Å². The Morgan fingerprint density at radius 3 is 3.50 bits per heavy atom. The SMILES string of the molecule is BrC1CCc2cncn2C1. The van der Waals surface area contributed by atoms with Crippen LogP contribution < -0.4 is 0 Å². The molecule has 1 unspecified atom stereocenters. The third-order valence-electron chi connectivity index (χ3n) is 1.91. The second-order valence-electron chi connectivity index (χ2n) is 2.67. The first-order chi connectivity index (χ1) is 4.86. The number of hydrogen-bond acceptors (Lipinski definition) is 1. The van der Waals surface area contributed by atoms with E-state index in [-0.39, 0.29) is 0 Å². The highest BCUT2D eigenvalue weighted by Crippen LogP contribution is 2.18. The molecule has 0 spiro atoms. The van der Waals surface area contributed by atoms with Crippen LogP contribution >= 0.6 is 15.9 Å². The maximum Gasteiger partial charge on any atom is 0.0948 e. The first kappa shape index (κ1) is 6.40. The number of nitrogens with zero attached hydrogens (tertiary/aromatic N) is 2. The van der Waals surface area contributed by atoms with Gasteiger partial charge in [0.25, 0.3) is 0 Å². The number of halogens is 1. The van der Waals surface area contributed by atoms with Gasteiger partial charge >= 0.3 is 0 Å². The molecule has 0 bridgehead atoms. The molecule has 1 aliphatic rings. The van der Waals surface area contributed by atoms with Crippen LogP contribution in [0.5, 0.6) is 0 Å². The lowest BCUT2D eigenvalue weighted by Gasteiger charge is -2.18. The van der Waals surface area contributed by atoms with E-state index in [4.69, 9.17) is 0 Å². The average Bonchev–Trinajstić information content (AvgIpc) is 2.33. The van der Waals surface area contributed by atoms with E-state index < -0.39 is 0 Å². The predicted molar refractivity (Wildman–Crippen MR) is 43.3 cm³/mol. The molecule has 2 nitrogen and oxygen atoms in total. The Labute approximate surface area is 68.4 Å². The first-order valence-corrected chi connectivity index (χ1v) is 4.41. The largest absolute Gasteiger partial charge is 0.333 e. The lowest BCUT2D eigenvalue weighted by Crippen LogP contribution is -2.18. The van der Waals surface area contributed by atoms with Crippen LogP contribution in [-0.2, 0) is 13.0 Å². The van der Waals surface area contributed by atoms with Crippen LogP contribution in [0.15, 0.2) is 12.5 Å². The van der Waals surface area contributed by atoms with E-state index in [1.54, 1.807) is 0 Å². The normalized spacial score (nSPS) is 24.3. The Balaban J connectivity index is 2.30. The number of aryl methyl sites for hydroxylation is 1. The summed E-state index contributed by atoms with van der Waals surface area (Å²) in [4.78, 5) is 4.73. The van der Waals surface area contributed by atoms with Gasteiger partial charge in [0.15, 0.2) is 0 Å². The topological polar surface area (TPSA) is 17.8 Å². The molecule has 1 atom stereocenters. The fourth-order valence-electron chi connectivity index (χ4n) is 1.33. The van der Waals surface area contributed by atoms with E-state index in [0.29, 0.717) is 4.83 Å². The minimum absolute atomic E-state index is 0.647. The highest BCUT2D eigenvalue weighted by molar-refractivity contribution is 9.09. The van der Waals surface area contributed by atoms with Crippen molar-refractivity contribution in [3.05, 3.63) is 18.2 Å². The minimum Gasteiger partial charge on any atom is -0.333 e. The first-order valence-electron chi connectivity index (χ1n) is 3.49. The van der Waals surface area contributed by atoms with Crippen molar-refractivity contribution >= 4 is 15.9 Å². The second-order valence-corrected chi connectivity index (χ2v) is 3.97. The van der Waals surface area contributed by atoms with Crippen molar-refractivity contribution in [1.29, 1.82) is 0 Å². The maximum atomic E-state index is 4.08. The summed E-state index contributed by atoms with van der Waals surface area (Å²) in [6, 6.07) is 0. The summed E-state index contributed by atoms with van der Waals surface area (Å²) in [5.41, 5.74) is 1.37. The monoisotopic (exact) mass is 200 g/mol. The molecule has 0 saturated carbocycles. The highest BCUT2D eigenvalue weighted by atomic mass is 79.9. The van der Waals surface area contributed by atoms with Crippen molar-refractivity contribution in [2.75, 3.05) is 0 Å². The van der Waals surface area contributed by atoms with Crippen LogP contribution in [0.25, 0.3) is 0 Å². The molecule has 0 aromatic carbocycles. The molecular formula is C7H9BrN2. The van der Waals surface area contributed by atoms with E-state index in [0.717, 1.165) is 13.0 Å². The third-order valence-corrected chi connectivity index (χ3v) is 2.65. The molecule has 3 heteroatoms. The summed E-state index contributed by atoms with van der Waals surface area (Å²) in [7, 11) is 0. The zero-order valence-electron chi connectivity index (χ0n) is 5.63.